The first-order chi connectivity index (χ1) is 16.2. The number of benzene rings is 1. The lowest BCUT2D eigenvalue weighted by atomic mass is 9.97. The predicted octanol–water partition coefficient (Wildman–Crippen LogP) is 4.71. The van der Waals surface area contributed by atoms with Crippen molar-refractivity contribution in [3.05, 3.63) is 53.7 Å². The molecule has 3 aromatic rings. The molecule has 1 fully saturated rings. The molecule has 0 N–H and O–H groups in total. The van der Waals surface area contributed by atoms with E-state index < -0.39 is 5.60 Å². The predicted molar refractivity (Wildman–Crippen MR) is 132 cm³/mol. The highest BCUT2D eigenvalue weighted by Crippen LogP contribution is 2.26. The van der Waals surface area contributed by atoms with Gasteiger partial charge in [0.2, 0.25) is 5.82 Å². The summed E-state index contributed by atoms with van der Waals surface area (Å²) in [6, 6.07) is 13.7. The van der Waals surface area contributed by atoms with E-state index in [1.807, 2.05) is 68.6 Å². The van der Waals surface area contributed by atoms with E-state index >= 15 is 0 Å². The summed E-state index contributed by atoms with van der Waals surface area (Å²) in [5.74, 6) is 0.830. The molecule has 0 radical (unpaired) electrons. The smallest absolute Gasteiger partial charge is 0.410 e. The van der Waals surface area contributed by atoms with Gasteiger partial charge in [-0.3, -0.25) is 4.79 Å². The Morgan fingerprint density at radius 3 is 2.62 bits per heavy atom. The van der Waals surface area contributed by atoms with E-state index in [4.69, 9.17) is 4.74 Å². The maximum absolute atomic E-state index is 13.4. The largest absolute Gasteiger partial charge is 0.444 e. The van der Waals surface area contributed by atoms with Crippen molar-refractivity contribution in [1.29, 1.82) is 0 Å². The number of rotatable bonds is 5. The molecular formula is C25H31N5O3S. The number of para-hydroxylation sites is 1. The van der Waals surface area contributed by atoms with Gasteiger partial charge in [-0.15, -0.1) is 16.4 Å². The van der Waals surface area contributed by atoms with Crippen molar-refractivity contribution in [2.75, 3.05) is 26.7 Å². The molecule has 0 bridgehead atoms. The fourth-order valence-electron chi connectivity index (χ4n) is 4.06. The quantitative estimate of drug-likeness (QED) is 0.527. The minimum atomic E-state index is -0.538. The number of carbonyl (C=O) groups is 2. The highest BCUT2D eigenvalue weighted by molar-refractivity contribution is 7.13. The Hall–Kier alpha value is -3.20. The molecular weight excluding hydrogens is 450 g/mol. The van der Waals surface area contributed by atoms with Crippen molar-refractivity contribution in [2.45, 2.75) is 39.2 Å². The molecule has 2 amide bonds. The van der Waals surface area contributed by atoms with Crippen LogP contribution in [0, 0.1) is 5.92 Å². The third kappa shape index (κ3) is 5.64. The Balaban J connectivity index is 1.50. The molecule has 0 spiro atoms. The lowest BCUT2D eigenvalue weighted by Gasteiger charge is -2.34. The standard InChI is InChI=1S/C25H31N5O3S/c1-25(2,3)33-24(32)28(4)16-18-10-8-14-29(17-18)23(31)21-26-22(20-13-9-15-34-20)30(27-21)19-11-6-5-7-12-19/h5-7,9,11-13,15,18H,8,10,14,16-17H2,1-4H3. The first-order valence-electron chi connectivity index (χ1n) is 11.5. The molecule has 1 aromatic carbocycles. The summed E-state index contributed by atoms with van der Waals surface area (Å²) >= 11 is 1.56. The second-order valence-electron chi connectivity index (χ2n) is 9.60. The van der Waals surface area contributed by atoms with E-state index in [0.717, 1.165) is 23.4 Å². The van der Waals surface area contributed by atoms with Crippen molar-refractivity contribution in [1.82, 2.24) is 24.6 Å². The van der Waals surface area contributed by atoms with Crippen LogP contribution < -0.4 is 0 Å². The van der Waals surface area contributed by atoms with Gasteiger partial charge in [-0.05, 0) is 63.1 Å². The Kier molecular flexibility index (Phi) is 7.02. The summed E-state index contributed by atoms with van der Waals surface area (Å²) in [5, 5.41) is 6.59. The zero-order chi connectivity index (χ0) is 24.3. The van der Waals surface area contributed by atoms with Gasteiger partial charge < -0.3 is 14.5 Å². The Labute approximate surface area is 204 Å². The van der Waals surface area contributed by atoms with E-state index in [1.54, 1.807) is 32.9 Å². The van der Waals surface area contributed by atoms with Crippen LogP contribution in [-0.2, 0) is 4.74 Å². The van der Waals surface area contributed by atoms with Gasteiger partial charge in [-0.25, -0.2) is 14.5 Å². The van der Waals surface area contributed by atoms with Gasteiger partial charge in [0.1, 0.15) is 5.60 Å². The number of hydrogen-bond donors (Lipinski definition) is 0. The molecule has 180 valence electrons. The number of hydrogen-bond acceptors (Lipinski definition) is 6. The minimum absolute atomic E-state index is 0.170. The summed E-state index contributed by atoms with van der Waals surface area (Å²) < 4.78 is 7.20. The summed E-state index contributed by atoms with van der Waals surface area (Å²) in [7, 11) is 1.74. The Morgan fingerprint density at radius 1 is 1.18 bits per heavy atom. The number of carbonyl (C=O) groups excluding carboxylic acids is 2. The van der Waals surface area contributed by atoms with Crippen molar-refractivity contribution < 1.29 is 14.3 Å². The summed E-state index contributed by atoms with van der Waals surface area (Å²) in [6.07, 6.45) is 1.47. The topological polar surface area (TPSA) is 80.6 Å². The number of amides is 2. The normalized spacial score (nSPS) is 16.4. The third-order valence-corrected chi connectivity index (χ3v) is 6.45. The monoisotopic (exact) mass is 481 g/mol. The molecule has 34 heavy (non-hydrogen) atoms. The lowest BCUT2D eigenvalue weighted by Crippen LogP contribution is -2.45. The van der Waals surface area contributed by atoms with Gasteiger partial charge in [-0.2, -0.15) is 0 Å². The van der Waals surface area contributed by atoms with Gasteiger partial charge in [-0.1, -0.05) is 24.3 Å². The molecule has 1 aliphatic heterocycles. The van der Waals surface area contributed by atoms with Gasteiger partial charge >= 0.3 is 6.09 Å². The Bertz CT molecular complexity index is 1120. The summed E-state index contributed by atoms with van der Waals surface area (Å²) in [5.41, 5.74) is 0.316. The van der Waals surface area contributed by atoms with Crippen molar-refractivity contribution in [3.63, 3.8) is 0 Å². The molecule has 4 rings (SSSR count). The fraction of sp³-hybridized carbons (Fsp3) is 0.440. The number of aromatic nitrogens is 3. The van der Waals surface area contributed by atoms with E-state index in [2.05, 4.69) is 10.1 Å². The SMILES string of the molecule is CN(CC1CCCN(C(=O)c2nc(-c3cccs3)n(-c3ccccc3)n2)C1)C(=O)OC(C)(C)C. The van der Waals surface area contributed by atoms with E-state index in [0.29, 0.717) is 25.5 Å². The van der Waals surface area contributed by atoms with Gasteiger partial charge in [0.25, 0.3) is 5.91 Å². The van der Waals surface area contributed by atoms with Crippen molar-refractivity contribution >= 4 is 23.3 Å². The molecule has 8 nitrogen and oxygen atoms in total. The zero-order valence-corrected chi connectivity index (χ0v) is 20.9. The van der Waals surface area contributed by atoms with E-state index in [1.165, 1.54) is 0 Å². The van der Waals surface area contributed by atoms with Crippen LogP contribution in [0.3, 0.4) is 0 Å². The molecule has 3 heterocycles. The number of thiophene rings is 1. The average molecular weight is 482 g/mol. The highest BCUT2D eigenvalue weighted by atomic mass is 32.1. The molecule has 1 aliphatic rings. The van der Waals surface area contributed by atoms with Crippen LogP contribution in [0.2, 0.25) is 0 Å². The molecule has 1 atom stereocenters. The second-order valence-corrected chi connectivity index (χ2v) is 10.6. The first kappa shape index (κ1) is 23.9. The van der Waals surface area contributed by atoms with Gasteiger partial charge in [0.05, 0.1) is 10.6 Å². The highest BCUT2D eigenvalue weighted by Gasteiger charge is 2.30. The first-order valence-corrected chi connectivity index (χ1v) is 12.4. The van der Waals surface area contributed by atoms with E-state index in [-0.39, 0.29) is 23.7 Å². The second kappa shape index (κ2) is 9.97. The average Bonchev–Trinajstić information content (AvgIpc) is 3.48. The van der Waals surface area contributed by atoms with Crippen LogP contribution >= 0.6 is 11.3 Å². The summed E-state index contributed by atoms with van der Waals surface area (Å²) in [6.45, 7) is 7.30. The van der Waals surface area contributed by atoms with Gasteiger partial charge in [0.15, 0.2) is 5.82 Å². The number of ether oxygens (including phenoxy) is 1. The Morgan fingerprint density at radius 2 is 1.94 bits per heavy atom. The molecule has 0 saturated carbocycles. The third-order valence-electron chi connectivity index (χ3n) is 5.58. The van der Waals surface area contributed by atoms with Crippen LogP contribution in [0.25, 0.3) is 16.4 Å². The van der Waals surface area contributed by atoms with Crippen LogP contribution in [-0.4, -0.2) is 68.8 Å². The molecule has 9 heteroatoms. The van der Waals surface area contributed by atoms with Crippen LogP contribution in [0.1, 0.15) is 44.2 Å². The maximum Gasteiger partial charge on any atom is 0.410 e. The fourth-order valence-corrected chi connectivity index (χ4v) is 4.76. The van der Waals surface area contributed by atoms with Crippen LogP contribution in [0.5, 0.6) is 0 Å². The minimum Gasteiger partial charge on any atom is -0.444 e. The van der Waals surface area contributed by atoms with Crippen molar-refractivity contribution in [2.24, 2.45) is 5.92 Å². The van der Waals surface area contributed by atoms with Crippen LogP contribution in [0.4, 0.5) is 4.79 Å². The van der Waals surface area contributed by atoms with Gasteiger partial charge in [0, 0.05) is 26.7 Å². The molecule has 1 unspecified atom stereocenters. The lowest BCUT2D eigenvalue weighted by molar-refractivity contribution is 0.0243. The van der Waals surface area contributed by atoms with Crippen molar-refractivity contribution in [3.8, 4) is 16.4 Å². The number of nitrogens with zero attached hydrogens (tertiary/aromatic N) is 5. The van der Waals surface area contributed by atoms with E-state index in [9.17, 15) is 9.59 Å². The zero-order valence-electron chi connectivity index (χ0n) is 20.1. The molecule has 2 aromatic heterocycles. The molecule has 1 saturated heterocycles. The number of likely N-dealkylation sites (tertiary alicyclic amines) is 1. The maximum atomic E-state index is 13.4. The molecule has 0 aliphatic carbocycles. The van der Waals surface area contributed by atoms with Crippen LogP contribution in [0.15, 0.2) is 47.8 Å². The number of piperidine rings is 1. The summed E-state index contributed by atoms with van der Waals surface area (Å²) in [4.78, 5) is 34.8.